The van der Waals surface area contributed by atoms with E-state index in [0.29, 0.717) is 13.0 Å². The number of nitrogens with zero attached hydrogens (tertiary/aromatic N) is 2. The molecule has 0 spiro atoms. The van der Waals surface area contributed by atoms with E-state index in [4.69, 9.17) is 32.3 Å². The van der Waals surface area contributed by atoms with E-state index in [2.05, 4.69) is 0 Å². The van der Waals surface area contributed by atoms with Crippen LogP contribution in [0.25, 0.3) is 0 Å². The van der Waals surface area contributed by atoms with Gasteiger partial charge in [-0.2, -0.15) is 0 Å². The maximum absolute atomic E-state index is 8.41. The van der Waals surface area contributed by atoms with Crippen molar-refractivity contribution >= 4 is 28.8 Å². The Bertz CT molecular complexity index is 221. The van der Waals surface area contributed by atoms with Crippen molar-refractivity contribution in [2.45, 2.75) is 46.2 Å². The summed E-state index contributed by atoms with van der Waals surface area (Å²) in [6.07, 6.45) is -2.55. The average Bonchev–Trinajstić information content (AvgIpc) is 2.01. The molecule has 0 rings (SSSR count). The molecule has 0 aromatic heterocycles. The summed E-state index contributed by atoms with van der Waals surface area (Å²) < 4.78 is 7.41. The monoisotopic (exact) mass is 272 g/mol. The van der Waals surface area contributed by atoms with Gasteiger partial charge in [0.05, 0.1) is 0 Å². The van der Waals surface area contributed by atoms with E-state index in [0.717, 1.165) is 0 Å². The SMILES string of the molecule is CC(C)N(C(C)C)[PH](Cl)(Cl)OCCC#N. The summed E-state index contributed by atoms with van der Waals surface area (Å²) >= 11 is 12.5. The molecule has 0 unspecified atom stereocenters. The van der Waals surface area contributed by atoms with Gasteiger partial charge in [-0.05, 0) is 0 Å². The summed E-state index contributed by atoms with van der Waals surface area (Å²) in [4.78, 5) is 0. The third-order valence-electron chi connectivity index (χ3n) is 1.90. The van der Waals surface area contributed by atoms with Crippen molar-refractivity contribution in [3.8, 4) is 6.07 Å². The van der Waals surface area contributed by atoms with Crippen LogP contribution in [-0.2, 0) is 4.52 Å². The Morgan fingerprint density at radius 2 is 1.73 bits per heavy atom. The van der Waals surface area contributed by atoms with Crippen LogP contribution in [-0.4, -0.2) is 23.4 Å². The van der Waals surface area contributed by atoms with Gasteiger partial charge in [0.15, 0.2) is 0 Å². The second-order valence-corrected chi connectivity index (χ2v) is 9.27. The van der Waals surface area contributed by atoms with E-state index >= 15 is 0 Å². The molecule has 0 aromatic carbocycles. The standard InChI is InChI=1S/C9H19Cl2N2OP/c1-8(2)13(9(3)4)15(10,11)14-7-5-6-12/h8-9,15H,5,7H2,1-4H3. The molecule has 0 N–H and O–H groups in total. The molecule has 0 bridgehead atoms. The van der Waals surface area contributed by atoms with E-state index in [1.54, 1.807) is 0 Å². The number of nitriles is 1. The van der Waals surface area contributed by atoms with Crippen LogP contribution >= 0.6 is 28.8 Å². The summed E-state index contributed by atoms with van der Waals surface area (Å²) in [5, 5.41) is 8.41. The normalized spacial score (nSPS) is 13.6. The van der Waals surface area contributed by atoms with Gasteiger partial charge >= 0.3 is 102 Å². The Kier molecular flexibility index (Phi) is 7.08. The van der Waals surface area contributed by atoms with Crippen LogP contribution in [0.3, 0.4) is 0 Å². The van der Waals surface area contributed by atoms with Gasteiger partial charge < -0.3 is 0 Å². The van der Waals surface area contributed by atoms with Gasteiger partial charge in [-0.3, -0.25) is 0 Å². The van der Waals surface area contributed by atoms with Crippen LogP contribution in [0.2, 0.25) is 0 Å². The zero-order valence-electron chi connectivity index (χ0n) is 9.63. The fraction of sp³-hybridized carbons (Fsp3) is 0.889. The summed E-state index contributed by atoms with van der Waals surface area (Å²) in [6, 6.07) is 2.46. The Morgan fingerprint density at radius 1 is 1.27 bits per heavy atom. The van der Waals surface area contributed by atoms with Crippen molar-refractivity contribution in [1.29, 1.82) is 5.26 Å². The van der Waals surface area contributed by atoms with Crippen molar-refractivity contribution in [3.05, 3.63) is 0 Å². The van der Waals surface area contributed by atoms with Gasteiger partial charge in [-0.15, -0.1) is 0 Å². The van der Waals surface area contributed by atoms with Crippen molar-refractivity contribution in [1.82, 2.24) is 4.67 Å². The molecule has 0 aliphatic rings. The summed E-state index contributed by atoms with van der Waals surface area (Å²) in [7, 11) is 0. The molecule has 0 heterocycles. The molecule has 0 atom stereocenters. The van der Waals surface area contributed by atoms with Crippen LogP contribution in [0.15, 0.2) is 0 Å². The first-order valence-electron chi connectivity index (χ1n) is 5.00. The first-order chi connectivity index (χ1) is 6.83. The Labute approximate surface area is 102 Å². The van der Waals surface area contributed by atoms with E-state index in [1.165, 1.54) is 0 Å². The summed E-state index contributed by atoms with van der Waals surface area (Å²) in [5.74, 6) is 0. The van der Waals surface area contributed by atoms with Gasteiger partial charge in [0.2, 0.25) is 0 Å². The molecular formula is C9H19Cl2N2OP. The zero-order chi connectivity index (χ0) is 12.1. The van der Waals surface area contributed by atoms with Crippen LogP contribution in [0.5, 0.6) is 0 Å². The molecule has 0 aliphatic carbocycles. The van der Waals surface area contributed by atoms with Crippen molar-refractivity contribution in [3.63, 3.8) is 0 Å². The maximum atomic E-state index is 8.41. The third-order valence-corrected chi connectivity index (χ3v) is 5.91. The van der Waals surface area contributed by atoms with Gasteiger partial charge in [0.1, 0.15) is 0 Å². The number of hydrogen-bond acceptors (Lipinski definition) is 3. The molecule has 15 heavy (non-hydrogen) atoms. The van der Waals surface area contributed by atoms with Crippen LogP contribution in [0, 0.1) is 11.3 Å². The van der Waals surface area contributed by atoms with E-state index in [9.17, 15) is 0 Å². The van der Waals surface area contributed by atoms with E-state index in [-0.39, 0.29) is 12.1 Å². The zero-order valence-corrected chi connectivity index (χ0v) is 12.1. The molecule has 3 nitrogen and oxygen atoms in total. The molecule has 0 amide bonds. The van der Waals surface area contributed by atoms with Gasteiger partial charge in [0.25, 0.3) is 0 Å². The van der Waals surface area contributed by atoms with Crippen molar-refractivity contribution < 1.29 is 4.52 Å². The first-order valence-corrected chi connectivity index (χ1v) is 8.88. The Balaban J connectivity index is 4.44. The minimum atomic E-state index is -2.87. The quantitative estimate of drug-likeness (QED) is 0.543. The van der Waals surface area contributed by atoms with Crippen LogP contribution in [0.1, 0.15) is 34.1 Å². The van der Waals surface area contributed by atoms with Gasteiger partial charge in [-0.1, -0.05) is 0 Å². The van der Waals surface area contributed by atoms with Gasteiger partial charge in [0, 0.05) is 0 Å². The second kappa shape index (κ2) is 6.89. The molecule has 0 saturated heterocycles. The number of rotatable bonds is 6. The van der Waals surface area contributed by atoms with Crippen LogP contribution in [0.4, 0.5) is 0 Å². The fourth-order valence-electron chi connectivity index (χ4n) is 1.49. The Morgan fingerprint density at radius 3 is 2.07 bits per heavy atom. The van der Waals surface area contributed by atoms with E-state index in [1.807, 2.05) is 38.4 Å². The van der Waals surface area contributed by atoms with Gasteiger partial charge in [-0.25, -0.2) is 0 Å². The molecular weight excluding hydrogens is 254 g/mol. The number of halogens is 2. The molecule has 90 valence electrons. The molecule has 6 heteroatoms. The Hall–Kier alpha value is 0.420. The number of hydrogen-bond donors (Lipinski definition) is 0. The van der Waals surface area contributed by atoms with Crippen molar-refractivity contribution in [2.75, 3.05) is 6.61 Å². The molecule has 0 saturated carbocycles. The third kappa shape index (κ3) is 5.33. The average molecular weight is 273 g/mol. The first kappa shape index (κ1) is 15.4. The summed E-state index contributed by atoms with van der Waals surface area (Å²) in [6.45, 7) is 8.41. The predicted octanol–water partition coefficient (Wildman–Crippen LogP) is 3.92. The van der Waals surface area contributed by atoms with E-state index < -0.39 is 6.35 Å². The fourth-order valence-corrected chi connectivity index (χ4v) is 6.00. The molecule has 0 radical (unpaired) electrons. The molecule has 0 aliphatic heterocycles. The summed E-state index contributed by atoms with van der Waals surface area (Å²) in [5.41, 5.74) is 0. The predicted molar refractivity (Wildman–Crippen MR) is 68.3 cm³/mol. The topological polar surface area (TPSA) is 36.3 Å². The van der Waals surface area contributed by atoms with Crippen LogP contribution < -0.4 is 0 Å². The molecule has 0 fully saturated rings. The second-order valence-electron chi connectivity index (χ2n) is 3.84. The minimum absolute atomic E-state index is 0.230. The molecule has 0 aromatic rings. The van der Waals surface area contributed by atoms with Crippen molar-refractivity contribution in [2.24, 2.45) is 0 Å².